The molecule has 1 aromatic rings. The van der Waals surface area contributed by atoms with E-state index in [1.807, 2.05) is 0 Å². The molecule has 2 amide bonds. The van der Waals surface area contributed by atoms with E-state index in [9.17, 15) is 28.5 Å². The van der Waals surface area contributed by atoms with E-state index in [2.05, 4.69) is 0 Å². The van der Waals surface area contributed by atoms with E-state index in [-0.39, 0.29) is 18.0 Å². The van der Waals surface area contributed by atoms with Crippen molar-refractivity contribution in [2.45, 2.75) is 57.8 Å². The lowest BCUT2D eigenvalue weighted by atomic mass is 10.1. The minimum absolute atomic E-state index is 0.0857. The fraction of sp³-hybridized carbons (Fsp3) is 0.600. The van der Waals surface area contributed by atoms with Gasteiger partial charge >= 0.3 is 0 Å². The number of benzene rings is 1. The Balaban J connectivity index is 1.48. The molecule has 0 spiro atoms. The van der Waals surface area contributed by atoms with E-state index in [1.54, 1.807) is 24.3 Å². The summed E-state index contributed by atoms with van der Waals surface area (Å²) in [5.41, 5.74) is 0.969. The summed E-state index contributed by atoms with van der Waals surface area (Å²) >= 11 is 0. The van der Waals surface area contributed by atoms with Crippen molar-refractivity contribution in [1.82, 2.24) is 4.90 Å². The maximum absolute atomic E-state index is 12.3. The first-order valence-corrected chi connectivity index (χ1v) is 14.2. The Morgan fingerprint density at radius 3 is 1.67 bits per heavy atom. The van der Waals surface area contributed by atoms with Gasteiger partial charge in [0.15, 0.2) is 0 Å². The van der Waals surface area contributed by atoms with Crippen LogP contribution in [0.1, 0.15) is 78.5 Å². The van der Waals surface area contributed by atoms with Crippen LogP contribution in [0.2, 0.25) is 0 Å². The van der Waals surface area contributed by atoms with E-state index >= 15 is 0 Å². The fourth-order valence-electron chi connectivity index (χ4n) is 3.66. The lowest BCUT2D eigenvalue weighted by Gasteiger charge is -2.19. The van der Waals surface area contributed by atoms with Crippen LogP contribution in [-0.4, -0.2) is 45.1 Å². The molecule has 1 heterocycles. The van der Waals surface area contributed by atoms with Crippen molar-refractivity contribution in [2.75, 3.05) is 18.6 Å². The van der Waals surface area contributed by atoms with Crippen LogP contribution in [0.25, 0.3) is 0 Å². The smallest absolute Gasteiger partial charge is 0.261 e. The van der Waals surface area contributed by atoms with Crippen LogP contribution in [0.5, 0.6) is 0 Å². The monoisotopic (exact) mass is 458 g/mol. The minimum atomic E-state index is -4.70. The van der Waals surface area contributed by atoms with Gasteiger partial charge in [0.2, 0.25) is 7.37 Å². The number of carbonyl (C=O) groups is 2. The second kappa shape index (κ2) is 11.4. The lowest BCUT2D eigenvalue weighted by molar-refractivity contribution is -0.192. The van der Waals surface area contributed by atoms with Gasteiger partial charge < -0.3 is 19.2 Å². The molecule has 0 radical (unpaired) electrons. The maximum atomic E-state index is 12.3. The Morgan fingerprint density at radius 1 is 0.767 bits per heavy atom. The van der Waals surface area contributed by atoms with E-state index in [1.165, 1.54) is 4.90 Å². The summed E-state index contributed by atoms with van der Waals surface area (Å²) in [5.74, 6) is -1.46. The van der Waals surface area contributed by atoms with Gasteiger partial charge in [-0.15, -0.1) is 0 Å². The molecule has 2 atom stereocenters. The molecule has 0 saturated carbocycles. The molecule has 30 heavy (non-hydrogen) atoms. The van der Waals surface area contributed by atoms with Crippen molar-refractivity contribution < 1.29 is 33.4 Å². The highest BCUT2D eigenvalue weighted by atomic mass is 31.2. The molecule has 1 aliphatic heterocycles. The molecule has 0 aromatic heterocycles. The van der Waals surface area contributed by atoms with Crippen LogP contribution in [0.4, 0.5) is 0 Å². The normalized spacial score (nSPS) is 17.6. The standard InChI is InChI=1S/C20H31NO7P2/c22-19-17-12-8-9-13-18(17)20(23)21(19)14-10-6-4-2-1-3-5-7-11-15-29(24,25)16-30(26,27)28/h8-9,12-13H,1-7,10-11,14-16H2,(H,24,25)(H2,26,27,28)/p-1. The molecule has 2 unspecified atom stereocenters. The van der Waals surface area contributed by atoms with Gasteiger partial charge in [-0.2, -0.15) is 0 Å². The van der Waals surface area contributed by atoms with Crippen LogP contribution >= 0.6 is 15.0 Å². The number of nitrogens with zero attached hydrogens (tertiary/aromatic N) is 1. The molecular weight excluding hydrogens is 428 g/mol. The number of imide groups is 1. The predicted octanol–water partition coefficient (Wildman–Crippen LogP) is 3.57. The van der Waals surface area contributed by atoms with Crippen LogP contribution in [-0.2, 0) is 9.13 Å². The Morgan fingerprint density at radius 2 is 1.20 bits per heavy atom. The largest absolute Gasteiger partial charge is 0.778 e. The number of carbonyl (C=O) groups excluding carboxylic acids is 2. The quantitative estimate of drug-likeness (QED) is 0.247. The number of amides is 2. The van der Waals surface area contributed by atoms with Crippen LogP contribution < -0.4 is 4.89 Å². The first kappa shape index (κ1) is 25.0. The van der Waals surface area contributed by atoms with Crippen LogP contribution in [0, 0.1) is 0 Å². The van der Waals surface area contributed by atoms with E-state index < -0.39 is 20.9 Å². The van der Waals surface area contributed by atoms with Crippen molar-refractivity contribution in [3.8, 4) is 0 Å². The molecule has 0 aliphatic carbocycles. The van der Waals surface area contributed by atoms with E-state index in [0.717, 1.165) is 51.4 Å². The Bertz CT molecular complexity index is 801. The molecule has 1 aromatic carbocycles. The Kier molecular flexibility index (Phi) is 9.45. The zero-order valence-electron chi connectivity index (χ0n) is 17.1. The zero-order valence-corrected chi connectivity index (χ0v) is 18.9. The minimum Gasteiger partial charge on any atom is -0.778 e. The SMILES string of the molecule is O=C1c2ccccc2C(=O)N1CCCCCCCCCCCP(=O)(O)CP(=O)([O-])O. The van der Waals surface area contributed by atoms with Gasteiger partial charge in [0.25, 0.3) is 11.8 Å². The van der Waals surface area contributed by atoms with Crippen molar-refractivity contribution in [3.05, 3.63) is 35.4 Å². The number of rotatable bonds is 14. The Labute approximate surface area is 177 Å². The van der Waals surface area contributed by atoms with Gasteiger partial charge in [-0.3, -0.25) is 19.1 Å². The van der Waals surface area contributed by atoms with Gasteiger partial charge in [0, 0.05) is 12.7 Å². The second-order valence-electron chi connectivity index (χ2n) is 7.84. The molecule has 168 valence electrons. The summed E-state index contributed by atoms with van der Waals surface area (Å²) in [6, 6.07) is 6.89. The van der Waals surface area contributed by atoms with E-state index in [4.69, 9.17) is 4.89 Å². The lowest BCUT2D eigenvalue weighted by Crippen LogP contribution is -2.30. The number of unbranched alkanes of at least 4 members (excludes halogenated alkanes) is 8. The molecule has 8 nitrogen and oxygen atoms in total. The highest BCUT2D eigenvalue weighted by Crippen LogP contribution is 2.52. The topological polar surface area (TPSA) is 135 Å². The van der Waals surface area contributed by atoms with Crippen molar-refractivity contribution in [3.63, 3.8) is 0 Å². The summed E-state index contributed by atoms with van der Waals surface area (Å²) in [4.78, 5) is 54.7. The van der Waals surface area contributed by atoms with Gasteiger partial charge in [0.1, 0.15) is 7.60 Å². The van der Waals surface area contributed by atoms with Crippen molar-refractivity contribution >= 4 is 26.8 Å². The van der Waals surface area contributed by atoms with Crippen LogP contribution in [0.3, 0.4) is 0 Å². The summed E-state index contributed by atoms with van der Waals surface area (Å²) in [5, 5.41) is 0. The first-order chi connectivity index (χ1) is 14.1. The van der Waals surface area contributed by atoms with Crippen molar-refractivity contribution in [2.24, 2.45) is 0 Å². The van der Waals surface area contributed by atoms with Crippen molar-refractivity contribution in [1.29, 1.82) is 0 Å². The number of hydrogen-bond acceptors (Lipinski definition) is 5. The first-order valence-electron chi connectivity index (χ1n) is 10.4. The van der Waals surface area contributed by atoms with Gasteiger partial charge in [-0.25, -0.2) is 0 Å². The maximum Gasteiger partial charge on any atom is 0.261 e. The molecule has 0 bridgehead atoms. The van der Waals surface area contributed by atoms with Crippen LogP contribution in [0.15, 0.2) is 24.3 Å². The molecule has 2 N–H and O–H groups in total. The molecule has 2 rings (SSSR count). The van der Waals surface area contributed by atoms with Gasteiger partial charge in [-0.1, -0.05) is 57.1 Å². The van der Waals surface area contributed by atoms with Gasteiger partial charge in [-0.05, 0) is 25.0 Å². The summed E-state index contributed by atoms with van der Waals surface area (Å²) in [6.45, 7) is 0.442. The molecule has 0 saturated heterocycles. The zero-order chi connectivity index (χ0) is 22.2. The average molecular weight is 458 g/mol. The average Bonchev–Trinajstić information content (AvgIpc) is 2.89. The highest BCUT2D eigenvalue weighted by Gasteiger charge is 2.34. The Hall–Kier alpha value is -1.30. The third-order valence-electron chi connectivity index (χ3n) is 5.17. The number of hydrogen-bond donors (Lipinski definition) is 2. The molecule has 1 aliphatic rings. The third-order valence-corrected chi connectivity index (χ3v) is 9.38. The second-order valence-corrected chi connectivity index (χ2v) is 12.4. The molecule has 0 fully saturated rings. The third kappa shape index (κ3) is 8.09. The summed E-state index contributed by atoms with van der Waals surface area (Å²) in [6.07, 6.45) is 7.86. The number of fused-ring (bicyclic) bond motifs is 1. The van der Waals surface area contributed by atoms with E-state index in [0.29, 0.717) is 24.1 Å². The summed E-state index contributed by atoms with van der Waals surface area (Å²) < 4.78 is 22.3. The van der Waals surface area contributed by atoms with Gasteiger partial charge in [0.05, 0.1) is 17.0 Å². The highest BCUT2D eigenvalue weighted by molar-refractivity contribution is 7.72. The fourth-order valence-corrected chi connectivity index (χ4v) is 7.18. The molecular formula is C20H30NO7P2-. The summed E-state index contributed by atoms with van der Waals surface area (Å²) in [7, 11) is -8.50. The predicted molar refractivity (Wildman–Crippen MR) is 113 cm³/mol. The molecule has 10 heteroatoms.